The average molecular weight is 282 g/mol. The third-order valence-corrected chi connectivity index (χ3v) is 2.52. The van der Waals surface area contributed by atoms with Crippen molar-refractivity contribution in [3.8, 4) is 0 Å². The van der Waals surface area contributed by atoms with E-state index in [2.05, 4.69) is 31.2 Å². The van der Waals surface area contributed by atoms with Gasteiger partial charge in [0.25, 0.3) is 0 Å². The topological polar surface area (TPSA) is 37.8 Å². The summed E-state index contributed by atoms with van der Waals surface area (Å²) < 4.78 is 13.6. The molecule has 1 heterocycles. The highest BCUT2D eigenvalue weighted by Gasteiger charge is 2.01. The Hall–Kier alpha value is -1.49. The number of nitrogens with zero attached hydrogens (tertiary/aromatic N) is 2. The van der Waals surface area contributed by atoms with Crippen LogP contribution in [0.4, 0.5) is 15.9 Å². The zero-order valence-corrected chi connectivity index (χ0v) is 10.1. The molecule has 1 aromatic heterocycles. The first-order valence-electron chi connectivity index (χ1n) is 4.66. The van der Waals surface area contributed by atoms with Crippen molar-refractivity contribution < 1.29 is 4.39 Å². The predicted molar refractivity (Wildman–Crippen MR) is 64.2 cm³/mol. The van der Waals surface area contributed by atoms with Gasteiger partial charge in [-0.3, -0.25) is 0 Å². The number of hydrogen-bond acceptors (Lipinski definition) is 3. The van der Waals surface area contributed by atoms with Crippen molar-refractivity contribution >= 4 is 27.4 Å². The van der Waals surface area contributed by atoms with E-state index in [0.717, 1.165) is 11.3 Å². The van der Waals surface area contributed by atoms with Gasteiger partial charge in [-0.05, 0) is 46.6 Å². The molecule has 0 fully saturated rings. The van der Waals surface area contributed by atoms with E-state index >= 15 is 0 Å². The van der Waals surface area contributed by atoms with Crippen LogP contribution in [0, 0.1) is 12.7 Å². The van der Waals surface area contributed by atoms with Crippen LogP contribution in [0.25, 0.3) is 0 Å². The van der Waals surface area contributed by atoms with Gasteiger partial charge in [0, 0.05) is 11.8 Å². The summed E-state index contributed by atoms with van der Waals surface area (Å²) in [6.07, 6.45) is 1.45. The predicted octanol–water partition coefficient (Wildman–Crippen LogP) is 3.43. The first kappa shape index (κ1) is 11.0. The van der Waals surface area contributed by atoms with Crippen molar-refractivity contribution in [2.45, 2.75) is 6.92 Å². The summed E-state index contributed by atoms with van der Waals surface area (Å²) in [5.41, 5.74) is 1.65. The lowest BCUT2D eigenvalue weighted by atomic mass is 10.2. The maximum atomic E-state index is 12.9. The molecule has 0 spiro atoms. The molecule has 1 aromatic carbocycles. The molecule has 0 atom stereocenters. The lowest BCUT2D eigenvalue weighted by molar-refractivity contribution is 0.627. The second-order valence-electron chi connectivity index (χ2n) is 3.31. The minimum Gasteiger partial charge on any atom is -0.340 e. The first-order valence-corrected chi connectivity index (χ1v) is 5.45. The minimum absolute atomic E-state index is 0.244. The fourth-order valence-corrected chi connectivity index (χ4v) is 1.62. The molecule has 5 heteroatoms. The summed E-state index contributed by atoms with van der Waals surface area (Å²) in [6.45, 7) is 1.83. The Morgan fingerprint density at radius 1 is 1.25 bits per heavy atom. The number of aromatic nitrogens is 2. The Labute approximate surface area is 101 Å². The third-order valence-electron chi connectivity index (χ3n) is 2.08. The van der Waals surface area contributed by atoms with Gasteiger partial charge >= 0.3 is 0 Å². The van der Waals surface area contributed by atoms with Gasteiger partial charge in [0.2, 0.25) is 0 Å². The molecule has 16 heavy (non-hydrogen) atoms. The van der Waals surface area contributed by atoms with Crippen molar-refractivity contribution in [2.75, 3.05) is 5.32 Å². The lowest BCUT2D eigenvalue weighted by Crippen LogP contribution is -1.96. The number of halogens is 2. The summed E-state index contributed by atoms with van der Waals surface area (Å²) in [6, 6.07) is 6.31. The molecule has 0 bridgehead atoms. The lowest BCUT2D eigenvalue weighted by Gasteiger charge is -2.08. The molecule has 82 valence electrons. The van der Waals surface area contributed by atoms with Gasteiger partial charge in [0.15, 0.2) is 0 Å². The Morgan fingerprint density at radius 2 is 2.06 bits per heavy atom. The van der Waals surface area contributed by atoms with E-state index in [9.17, 15) is 4.39 Å². The van der Waals surface area contributed by atoms with Gasteiger partial charge in [0.05, 0.1) is 0 Å². The van der Waals surface area contributed by atoms with Crippen LogP contribution in [-0.4, -0.2) is 9.97 Å². The largest absolute Gasteiger partial charge is 0.340 e. The van der Waals surface area contributed by atoms with Gasteiger partial charge < -0.3 is 5.32 Å². The van der Waals surface area contributed by atoms with E-state index < -0.39 is 0 Å². The molecule has 2 aromatic rings. The quantitative estimate of drug-likeness (QED) is 0.857. The standard InChI is InChI=1S/C11H9BrFN3/c1-7-4-8(13)2-3-9(7)16-11-5-10(12)14-6-15-11/h2-6H,1H3,(H,14,15,16). The smallest absolute Gasteiger partial charge is 0.134 e. The van der Waals surface area contributed by atoms with E-state index in [0.29, 0.717) is 10.4 Å². The summed E-state index contributed by atoms with van der Waals surface area (Å²) >= 11 is 3.25. The summed E-state index contributed by atoms with van der Waals surface area (Å²) in [7, 11) is 0. The molecule has 0 saturated heterocycles. The van der Waals surface area contributed by atoms with Crippen LogP contribution < -0.4 is 5.32 Å². The number of nitrogens with one attached hydrogen (secondary N) is 1. The molecule has 0 aliphatic carbocycles. The number of benzene rings is 1. The highest BCUT2D eigenvalue weighted by Crippen LogP contribution is 2.20. The molecule has 0 amide bonds. The van der Waals surface area contributed by atoms with E-state index in [1.165, 1.54) is 18.5 Å². The SMILES string of the molecule is Cc1cc(F)ccc1Nc1cc(Br)ncn1. The van der Waals surface area contributed by atoms with Crippen molar-refractivity contribution in [3.05, 3.63) is 46.6 Å². The molecule has 2 rings (SSSR count). The monoisotopic (exact) mass is 281 g/mol. The Balaban J connectivity index is 2.27. The van der Waals surface area contributed by atoms with E-state index in [4.69, 9.17) is 0 Å². The number of rotatable bonds is 2. The fraction of sp³-hybridized carbons (Fsp3) is 0.0909. The summed E-state index contributed by atoms with van der Waals surface area (Å²) in [5.74, 6) is 0.420. The van der Waals surface area contributed by atoms with Crippen molar-refractivity contribution in [2.24, 2.45) is 0 Å². The highest BCUT2D eigenvalue weighted by atomic mass is 79.9. The van der Waals surface area contributed by atoms with E-state index in [-0.39, 0.29) is 5.82 Å². The van der Waals surface area contributed by atoms with Crippen LogP contribution in [0.15, 0.2) is 35.2 Å². The first-order chi connectivity index (χ1) is 7.65. The normalized spacial score (nSPS) is 10.2. The van der Waals surface area contributed by atoms with Crippen LogP contribution in [0.2, 0.25) is 0 Å². The molecule has 0 radical (unpaired) electrons. The van der Waals surface area contributed by atoms with Crippen molar-refractivity contribution in [1.82, 2.24) is 9.97 Å². The second-order valence-corrected chi connectivity index (χ2v) is 4.12. The Kier molecular flexibility index (Phi) is 3.14. The molecular weight excluding hydrogens is 273 g/mol. The molecule has 0 unspecified atom stereocenters. The average Bonchev–Trinajstić information content (AvgIpc) is 2.22. The van der Waals surface area contributed by atoms with Crippen LogP contribution >= 0.6 is 15.9 Å². The van der Waals surface area contributed by atoms with Crippen molar-refractivity contribution in [3.63, 3.8) is 0 Å². The summed E-state index contributed by atoms with van der Waals surface area (Å²) in [4.78, 5) is 7.98. The summed E-state index contributed by atoms with van der Waals surface area (Å²) in [5, 5.41) is 3.09. The molecule has 0 aliphatic heterocycles. The van der Waals surface area contributed by atoms with Gasteiger partial charge in [-0.15, -0.1) is 0 Å². The molecule has 0 saturated carbocycles. The Bertz CT molecular complexity index is 516. The number of anilines is 2. The number of hydrogen-bond donors (Lipinski definition) is 1. The van der Waals surface area contributed by atoms with E-state index in [1.807, 2.05) is 6.92 Å². The van der Waals surface area contributed by atoms with Crippen LogP contribution in [0.5, 0.6) is 0 Å². The molecule has 3 nitrogen and oxygen atoms in total. The minimum atomic E-state index is -0.244. The fourth-order valence-electron chi connectivity index (χ4n) is 1.31. The molecule has 1 N–H and O–H groups in total. The van der Waals surface area contributed by atoms with Crippen LogP contribution in [-0.2, 0) is 0 Å². The van der Waals surface area contributed by atoms with Crippen LogP contribution in [0.3, 0.4) is 0 Å². The zero-order valence-electron chi connectivity index (χ0n) is 8.54. The highest BCUT2D eigenvalue weighted by molar-refractivity contribution is 9.10. The third kappa shape index (κ3) is 2.55. The second kappa shape index (κ2) is 4.57. The Morgan fingerprint density at radius 3 is 2.75 bits per heavy atom. The number of aryl methyl sites for hydroxylation is 1. The zero-order chi connectivity index (χ0) is 11.5. The van der Waals surface area contributed by atoms with E-state index in [1.54, 1.807) is 12.1 Å². The van der Waals surface area contributed by atoms with Crippen molar-refractivity contribution in [1.29, 1.82) is 0 Å². The maximum Gasteiger partial charge on any atom is 0.134 e. The van der Waals surface area contributed by atoms with Gasteiger partial charge in [0.1, 0.15) is 22.6 Å². The van der Waals surface area contributed by atoms with Gasteiger partial charge in [-0.2, -0.15) is 0 Å². The van der Waals surface area contributed by atoms with Gasteiger partial charge in [-0.25, -0.2) is 14.4 Å². The van der Waals surface area contributed by atoms with Crippen LogP contribution in [0.1, 0.15) is 5.56 Å². The van der Waals surface area contributed by atoms with Gasteiger partial charge in [-0.1, -0.05) is 0 Å². The molecule has 0 aliphatic rings. The molecular formula is C11H9BrFN3. The maximum absolute atomic E-state index is 12.9.